The lowest BCUT2D eigenvalue weighted by Crippen LogP contribution is -2.12. The normalized spacial score (nSPS) is 12.0. The summed E-state index contributed by atoms with van der Waals surface area (Å²) in [7, 11) is 2.03. The molecular formula is C20H19NO. The van der Waals surface area contributed by atoms with E-state index in [0.29, 0.717) is 6.42 Å². The van der Waals surface area contributed by atoms with Crippen molar-refractivity contribution in [1.29, 1.82) is 0 Å². The molecule has 110 valence electrons. The standard InChI is InChI=1S/C20H19NO/c1-21-14-8-13-19(21)18(16-9-4-2-5-10-16)15-20(22)17-11-6-3-7-12-17/h2-14,18H,15H2,1H3/t18-/m0/s1. The van der Waals surface area contributed by atoms with Crippen molar-refractivity contribution in [1.82, 2.24) is 4.57 Å². The average molecular weight is 289 g/mol. The highest BCUT2D eigenvalue weighted by molar-refractivity contribution is 5.96. The van der Waals surface area contributed by atoms with E-state index in [4.69, 9.17) is 0 Å². The predicted molar refractivity (Wildman–Crippen MR) is 89.1 cm³/mol. The first-order valence-corrected chi connectivity index (χ1v) is 7.50. The van der Waals surface area contributed by atoms with E-state index in [1.807, 2.05) is 67.8 Å². The van der Waals surface area contributed by atoms with E-state index < -0.39 is 0 Å². The van der Waals surface area contributed by atoms with Gasteiger partial charge in [-0.15, -0.1) is 0 Å². The molecule has 0 spiro atoms. The minimum Gasteiger partial charge on any atom is -0.354 e. The highest BCUT2D eigenvalue weighted by Gasteiger charge is 2.20. The monoisotopic (exact) mass is 289 g/mol. The van der Waals surface area contributed by atoms with Gasteiger partial charge in [0.25, 0.3) is 0 Å². The molecule has 0 radical (unpaired) electrons. The van der Waals surface area contributed by atoms with Gasteiger partial charge in [0.2, 0.25) is 0 Å². The Bertz CT molecular complexity index is 744. The van der Waals surface area contributed by atoms with Crippen LogP contribution < -0.4 is 0 Å². The largest absolute Gasteiger partial charge is 0.354 e. The van der Waals surface area contributed by atoms with Crippen molar-refractivity contribution < 1.29 is 4.79 Å². The van der Waals surface area contributed by atoms with E-state index >= 15 is 0 Å². The molecule has 0 saturated heterocycles. The topological polar surface area (TPSA) is 22.0 Å². The molecule has 0 aliphatic rings. The van der Waals surface area contributed by atoms with Crippen molar-refractivity contribution in [2.75, 3.05) is 0 Å². The molecule has 0 N–H and O–H groups in total. The highest BCUT2D eigenvalue weighted by atomic mass is 16.1. The molecule has 22 heavy (non-hydrogen) atoms. The number of ketones is 1. The summed E-state index contributed by atoms with van der Waals surface area (Å²) in [6, 6.07) is 23.9. The van der Waals surface area contributed by atoms with Crippen LogP contribution in [0.5, 0.6) is 0 Å². The molecule has 0 fully saturated rings. The molecule has 3 rings (SSSR count). The van der Waals surface area contributed by atoms with E-state index in [0.717, 1.165) is 11.3 Å². The number of carbonyl (C=O) groups excluding carboxylic acids is 1. The smallest absolute Gasteiger partial charge is 0.163 e. The summed E-state index contributed by atoms with van der Waals surface area (Å²) >= 11 is 0. The van der Waals surface area contributed by atoms with Gasteiger partial charge in [0, 0.05) is 36.8 Å². The molecule has 0 bridgehead atoms. The van der Waals surface area contributed by atoms with Gasteiger partial charge < -0.3 is 4.57 Å². The fraction of sp³-hybridized carbons (Fsp3) is 0.150. The van der Waals surface area contributed by atoms with Crippen molar-refractivity contribution in [3.8, 4) is 0 Å². The van der Waals surface area contributed by atoms with Crippen LogP contribution in [0.2, 0.25) is 0 Å². The van der Waals surface area contributed by atoms with Crippen molar-refractivity contribution in [3.63, 3.8) is 0 Å². The molecule has 0 unspecified atom stereocenters. The van der Waals surface area contributed by atoms with Gasteiger partial charge in [0.1, 0.15) is 0 Å². The Morgan fingerprint density at radius 3 is 2.14 bits per heavy atom. The van der Waals surface area contributed by atoms with Gasteiger partial charge >= 0.3 is 0 Å². The van der Waals surface area contributed by atoms with Gasteiger partial charge in [-0.05, 0) is 17.7 Å². The Balaban J connectivity index is 1.93. The lowest BCUT2D eigenvalue weighted by Gasteiger charge is -2.18. The maximum absolute atomic E-state index is 12.6. The van der Waals surface area contributed by atoms with Gasteiger partial charge in [-0.3, -0.25) is 4.79 Å². The van der Waals surface area contributed by atoms with Crippen LogP contribution in [0.3, 0.4) is 0 Å². The van der Waals surface area contributed by atoms with Gasteiger partial charge in [0.05, 0.1) is 0 Å². The molecule has 0 amide bonds. The number of carbonyl (C=O) groups is 1. The first-order chi connectivity index (χ1) is 10.8. The summed E-state index contributed by atoms with van der Waals surface area (Å²) < 4.78 is 2.09. The second-order valence-corrected chi connectivity index (χ2v) is 5.50. The summed E-state index contributed by atoms with van der Waals surface area (Å²) in [6.07, 6.45) is 2.50. The molecule has 3 aromatic rings. The molecule has 2 heteroatoms. The zero-order valence-corrected chi connectivity index (χ0v) is 12.6. The molecule has 2 aromatic carbocycles. The Hall–Kier alpha value is -2.61. The van der Waals surface area contributed by atoms with E-state index in [1.54, 1.807) is 0 Å². The number of aromatic nitrogens is 1. The van der Waals surface area contributed by atoms with E-state index in [2.05, 4.69) is 22.8 Å². The van der Waals surface area contributed by atoms with Crippen LogP contribution in [-0.2, 0) is 7.05 Å². The van der Waals surface area contributed by atoms with Crippen molar-refractivity contribution >= 4 is 5.78 Å². The molecule has 1 heterocycles. The van der Waals surface area contributed by atoms with Gasteiger partial charge in [-0.2, -0.15) is 0 Å². The quantitative estimate of drug-likeness (QED) is 0.637. The van der Waals surface area contributed by atoms with Crippen LogP contribution in [0.4, 0.5) is 0 Å². The molecular weight excluding hydrogens is 270 g/mol. The number of aryl methyl sites for hydroxylation is 1. The SMILES string of the molecule is Cn1cccc1[C@@H](CC(=O)c1ccccc1)c1ccccc1. The Morgan fingerprint density at radius 2 is 1.55 bits per heavy atom. The minimum atomic E-state index is 0.0777. The van der Waals surface area contributed by atoms with Crippen molar-refractivity contribution in [2.24, 2.45) is 7.05 Å². The van der Waals surface area contributed by atoms with Crippen molar-refractivity contribution in [3.05, 3.63) is 95.8 Å². The van der Waals surface area contributed by atoms with E-state index in [1.165, 1.54) is 5.56 Å². The fourth-order valence-electron chi connectivity index (χ4n) is 2.84. The molecule has 1 atom stereocenters. The van der Waals surface area contributed by atoms with Crippen LogP contribution >= 0.6 is 0 Å². The lowest BCUT2D eigenvalue weighted by molar-refractivity contribution is 0.0977. The average Bonchev–Trinajstić information content (AvgIpc) is 3.00. The highest BCUT2D eigenvalue weighted by Crippen LogP contribution is 2.29. The fourth-order valence-corrected chi connectivity index (χ4v) is 2.84. The number of nitrogens with zero attached hydrogens (tertiary/aromatic N) is 1. The van der Waals surface area contributed by atoms with Crippen molar-refractivity contribution in [2.45, 2.75) is 12.3 Å². The summed E-state index contributed by atoms with van der Waals surface area (Å²) in [6.45, 7) is 0. The molecule has 1 aromatic heterocycles. The van der Waals surface area contributed by atoms with Gasteiger partial charge in [-0.25, -0.2) is 0 Å². The summed E-state index contributed by atoms with van der Waals surface area (Å²) in [5.74, 6) is 0.254. The number of hydrogen-bond donors (Lipinski definition) is 0. The van der Waals surface area contributed by atoms with Gasteiger partial charge in [0.15, 0.2) is 5.78 Å². The maximum atomic E-state index is 12.6. The molecule has 0 saturated carbocycles. The predicted octanol–water partition coefficient (Wildman–Crippen LogP) is 4.43. The minimum absolute atomic E-state index is 0.0777. The van der Waals surface area contributed by atoms with Crippen LogP contribution in [0.15, 0.2) is 79.0 Å². The number of hydrogen-bond acceptors (Lipinski definition) is 1. The summed E-state index contributed by atoms with van der Waals surface area (Å²) in [4.78, 5) is 12.6. The zero-order chi connectivity index (χ0) is 15.4. The third kappa shape index (κ3) is 3.01. The molecule has 0 aliphatic heterocycles. The first kappa shape index (κ1) is 14.3. The Morgan fingerprint density at radius 1 is 0.909 bits per heavy atom. The molecule has 0 aliphatic carbocycles. The third-order valence-corrected chi connectivity index (χ3v) is 4.03. The second-order valence-electron chi connectivity index (χ2n) is 5.50. The van der Waals surface area contributed by atoms with Crippen LogP contribution in [0.1, 0.15) is 34.0 Å². The number of Topliss-reactive ketones (excluding diaryl/α,β-unsaturated/α-hetero) is 1. The Labute approximate surface area is 131 Å². The number of benzene rings is 2. The van der Waals surface area contributed by atoms with Crippen LogP contribution in [-0.4, -0.2) is 10.4 Å². The maximum Gasteiger partial charge on any atom is 0.163 e. The van der Waals surface area contributed by atoms with Gasteiger partial charge in [-0.1, -0.05) is 60.7 Å². The summed E-state index contributed by atoms with van der Waals surface area (Å²) in [5, 5.41) is 0. The summed E-state index contributed by atoms with van der Waals surface area (Å²) in [5.41, 5.74) is 3.11. The zero-order valence-electron chi connectivity index (χ0n) is 12.6. The van der Waals surface area contributed by atoms with E-state index in [9.17, 15) is 4.79 Å². The lowest BCUT2D eigenvalue weighted by atomic mass is 9.89. The van der Waals surface area contributed by atoms with Crippen LogP contribution in [0.25, 0.3) is 0 Å². The Kier molecular flexibility index (Phi) is 4.19. The van der Waals surface area contributed by atoms with E-state index in [-0.39, 0.29) is 11.7 Å². The third-order valence-electron chi connectivity index (χ3n) is 4.03. The molecule has 2 nitrogen and oxygen atoms in total. The van der Waals surface area contributed by atoms with Crippen LogP contribution in [0, 0.1) is 0 Å². The second kappa shape index (κ2) is 6.44. The first-order valence-electron chi connectivity index (χ1n) is 7.50. The number of rotatable bonds is 5.